The van der Waals surface area contributed by atoms with Crippen molar-refractivity contribution < 1.29 is 13.6 Å². The number of amides is 1. The van der Waals surface area contributed by atoms with Crippen LogP contribution >= 0.6 is 11.3 Å². The van der Waals surface area contributed by atoms with Crippen LogP contribution in [0.2, 0.25) is 0 Å². The van der Waals surface area contributed by atoms with Crippen molar-refractivity contribution in [1.82, 2.24) is 5.32 Å². The van der Waals surface area contributed by atoms with E-state index >= 15 is 0 Å². The number of alkyl halides is 2. The van der Waals surface area contributed by atoms with Gasteiger partial charge in [-0.3, -0.25) is 4.79 Å². The molecule has 0 aliphatic carbocycles. The second-order valence-corrected chi connectivity index (χ2v) is 5.69. The van der Waals surface area contributed by atoms with Crippen molar-refractivity contribution in [3.63, 3.8) is 0 Å². The number of nitrogens with one attached hydrogen (secondary N) is 1. The minimum atomic E-state index is -3.09. The summed E-state index contributed by atoms with van der Waals surface area (Å²) in [6, 6.07) is 9.51. The highest BCUT2D eigenvalue weighted by atomic mass is 32.1. The molecule has 0 spiro atoms. The van der Waals surface area contributed by atoms with Gasteiger partial charge in [-0.1, -0.05) is 29.8 Å². The first-order valence-electron chi connectivity index (χ1n) is 6.43. The van der Waals surface area contributed by atoms with E-state index < -0.39 is 24.9 Å². The number of benzene rings is 1. The zero-order valence-electron chi connectivity index (χ0n) is 11.5. The average molecular weight is 310 g/mol. The second kappa shape index (κ2) is 6.32. The van der Waals surface area contributed by atoms with Gasteiger partial charge >= 0.3 is 0 Å². The van der Waals surface area contributed by atoms with Gasteiger partial charge in [0.15, 0.2) is 0 Å². The van der Waals surface area contributed by atoms with Crippen LogP contribution in [0.1, 0.15) is 15.2 Å². The summed E-state index contributed by atoms with van der Waals surface area (Å²) >= 11 is 1.23. The van der Waals surface area contributed by atoms with Gasteiger partial charge in [0.05, 0.1) is 18.0 Å². The van der Waals surface area contributed by atoms with Crippen LogP contribution in [0.3, 0.4) is 0 Å². The van der Waals surface area contributed by atoms with E-state index in [1.165, 1.54) is 11.3 Å². The van der Waals surface area contributed by atoms with Gasteiger partial charge < -0.3 is 11.1 Å². The van der Waals surface area contributed by atoms with E-state index in [9.17, 15) is 13.6 Å². The van der Waals surface area contributed by atoms with Crippen LogP contribution in [0.4, 0.5) is 8.78 Å². The predicted octanol–water partition coefficient (Wildman–Crippen LogP) is 3.05. The molecule has 1 heterocycles. The normalized spacial score (nSPS) is 11.4. The Bertz CT molecular complexity index is 623. The molecule has 0 atom stereocenters. The standard InChI is InChI=1S/C15H16F2N2OS/c1-10-2-4-11(5-3-10)12-6-7-21-13(12)14(20)19-9-15(16,17)8-18/h2-7H,8-9,18H2,1H3,(H,19,20). The highest BCUT2D eigenvalue weighted by Gasteiger charge is 2.28. The molecule has 1 amide bonds. The second-order valence-electron chi connectivity index (χ2n) is 4.77. The largest absolute Gasteiger partial charge is 0.345 e. The van der Waals surface area contributed by atoms with Crippen molar-refractivity contribution in [3.05, 3.63) is 46.2 Å². The Labute approximate surface area is 125 Å². The van der Waals surface area contributed by atoms with Crippen LogP contribution in [-0.2, 0) is 0 Å². The Hall–Kier alpha value is -1.79. The predicted molar refractivity (Wildman–Crippen MR) is 80.8 cm³/mol. The molecule has 2 aromatic rings. The molecule has 0 unspecified atom stereocenters. The zero-order chi connectivity index (χ0) is 15.5. The highest BCUT2D eigenvalue weighted by molar-refractivity contribution is 7.12. The number of nitrogens with two attached hydrogens (primary N) is 1. The number of aryl methyl sites for hydroxylation is 1. The summed E-state index contributed by atoms with van der Waals surface area (Å²) in [5, 5.41) is 4.01. The molecule has 0 fully saturated rings. The SMILES string of the molecule is Cc1ccc(-c2ccsc2C(=O)NCC(F)(F)CN)cc1. The molecule has 0 aliphatic heterocycles. The summed E-state index contributed by atoms with van der Waals surface area (Å²) < 4.78 is 26.2. The van der Waals surface area contributed by atoms with Crippen molar-refractivity contribution in [1.29, 1.82) is 0 Å². The molecule has 0 saturated heterocycles. The van der Waals surface area contributed by atoms with E-state index in [1.54, 1.807) is 5.38 Å². The van der Waals surface area contributed by atoms with Gasteiger partial charge in [-0.25, -0.2) is 8.78 Å². The maximum absolute atomic E-state index is 13.1. The third-order valence-electron chi connectivity index (χ3n) is 3.04. The molecule has 0 radical (unpaired) electrons. The molecule has 1 aromatic heterocycles. The lowest BCUT2D eigenvalue weighted by atomic mass is 10.0. The first kappa shape index (κ1) is 15.6. The van der Waals surface area contributed by atoms with E-state index in [2.05, 4.69) is 5.32 Å². The van der Waals surface area contributed by atoms with Crippen LogP contribution in [-0.4, -0.2) is 24.9 Å². The van der Waals surface area contributed by atoms with E-state index in [1.807, 2.05) is 37.3 Å². The summed E-state index contributed by atoms with van der Waals surface area (Å²) in [6.07, 6.45) is 0. The number of thiophene rings is 1. The number of hydrogen-bond donors (Lipinski definition) is 2. The van der Waals surface area contributed by atoms with Crippen molar-refractivity contribution >= 4 is 17.2 Å². The summed E-state index contributed by atoms with van der Waals surface area (Å²) in [6.45, 7) is 0.427. The number of carbonyl (C=O) groups excluding carboxylic acids is 1. The molecule has 3 nitrogen and oxygen atoms in total. The van der Waals surface area contributed by atoms with E-state index in [4.69, 9.17) is 5.73 Å². The fourth-order valence-corrected chi connectivity index (χ4v) is 2.64. The fourth-order valence-electron chi connectivity index (χ4n) is 1.81. The van der Waals surface area contributed by atoms with E-state index in [0.29, 0.717) is 4.88 Å². The average Bonchev–Trinajstić information content (AvgIpc) is 2.95. The molecule has 21 heavy (non-hydrogen) atoms. The third kappa shape index (κ3) is 3.86. The van der Waals surface area contributed by atoms with Crippen LogP contribution in [0.25, 0.3) is 11.1 Å². The lowest BCUT2D eigenvalue weighted by Gasteiger charge is -2.14. The summed E-state index contributed by atoms with van der Waals surface area (Å²) in [4.78, 5) is 12.5. The van der Waals surface area contributed by atoms with Gasteiger partial charge in [0.1, 0.15) is 0 Å². The molecule has 1 aromatic carbocycles. The van der Waals surface area contributed by atoms with Crippen molar-refractivity contribution in [3.8, 4) is 11.1 Å². The Morgan fingerprint density at radius 1 is 1.29 bits per heavy atom. The smallest absolute Gasteiger partial charge is 0.277 e. The Balaban J connectivity index is 2.16. The number of halogens is 2. The summed E-state index contributed by atoms with van der Waals surface area (Å²) in [5.41, 5.74) is 7.69. The number of hydrogen-bond acceptors (Lipinski definition) is 3. The first-order chi connectivity index (χ1) is 9.93. The minimum Gasteiger partial charge on any atom is -0.345 e. The monoisotopic (exact) mass is 310 g/mol. The molecule has 0 bridgehead atoms. The molecule has 112 valence electrons. The summed E-state index contributed by atoms with van der Waals surface area (Å²) in [5.74, 6) is -3.59. The number of rotatable bonds is 5. The van der Waals surface area contributed by atoms with Crippen molar-refractivity contribution in [2.75, 3.05) is 13.1 Å². The molecular weight excluding hydrogens is 294 g/mol. The topological polar surface area (TPSA) is 55.1 Å². The lowest BCUT2D eigenvalue weighted by Crippen LogP contribution is -2.41. The zero-order valence-corrected chi connectivity index (χ0v) is 12.3. The van der Waals surface area contributed by atoms with Gasteiger partial charge in [0, 0.05) is 5.56 Å². The Morgan fingerprint density at radius 3 is 2.57 bits per heavy atom. The lowest BCUT2D eigenvalue weighted by molar-refractivity contribution is 0.0119. The van der Waals surface area contributed by atoms with Crippen molar-refractivity contribution in [2.24, 2.45) is 5.73 Å². The van der Waals surface area contributed by atoms with Crippen LogP contribution in [0, 0.1) is 6.92 Å². The Kier molecular flexibility index (Phi) is 4.69. The summed E-state index contributed by atoms with van der Waals surface area (Å²) in [7, 11) is 0. The van der Waals surface area contributed by atoms with E-state index in [-0.39, 0.29) is 0 Å². The molecular formula is C15H16F2N2OS. The maximum atomic E-state index is 13.1. The maximum Gasteiger partial charge on any atom is 0.277 e. The molecule has 3 N–H and O–H groups in total. The van der Waals surface area contributed by atoms with Gasteiger partial charge in [0.2, 0.25) is 0 Å². The number of carbonyl (C=O) groups is 1. The Morgan fingerprint density at radius 2 is 1.95 bits per heavy atom. The van der Waals surface area contributed by atoms with Crippen LogP contribution < -0.4 is 11.1 Å². The van der Waals surface area contributed by atoms with Crippen LogP contribution in [0.15, 0.2) is 35.7 Å². The fraction of sp³-hybridized carbons (Fsp3) is 0.267. The quantitative estimate of drug-likeness (QED) is 0.892. The van der Waals surface area contributed by atoms with E-state index in [0.717, 1.165) is 16.7 Å². The minimum absolute atomic E-state index is 0.423. The van der Waals surface area contributed by atoms with Crippen LogP contribution in [0.5, 0.6) is 0 Å². The molecule has 6 heteroatoms. The van der Waals surface area contributed by atoms with Gasteiger partial charge in [-0.2, -0.15) is 0 Å². The third-order valence-corrected chi connectivity index (χ3v) is 3.95. The first-order valence-corrected chi connectivity index (χ1v) is 7.31. The van der Waals surface area contributed by atoms with Gasteiger partial charge in [-0.15, -0.1) is 11.3 Å². The molecule has 0 saturated carbocycles. The molecule has 2 rings (SSSR count). The van der Waals surface area contributed by atoms with Gasteiger partial charge in [0.25, 0.3) is 11.8 Å². The van der Waals surface area contributed by atoms with Crippen molar-refractivity contribution in [2.45, 2.75) is 12.8 Å². The highest BCUT2D eigenvalue weighted by Crippen LogP contribution is 2.28. The van der Waals surface area contributed by atoms with Gasteiger partial charge in [-0.05, 0) is 23.9 Å². The molecule has 0 aliphatic rings.